The van der Waals surface area contributed by atoms with Crippen LogP contribution < -0.4 is 5.32 Å². The first-order valence-corrected chi connectivity index (χ1v) is 14.4. The van der Waals surface area contributed by atoms with Gasteiger partial charge in [0, 0.05) is 0 Å². The molecule has 26 heavy (non-hydrogen) atoms. The summed E-state index contributed by atoms with van der Waals surface area (Å²) in [7, 11) is 0. The van der Waals surface area contributed by atoms with E-state index in [1.54, 1.807) is 0 Å². The summed E-state index contributed by atoms with van der Waals surface area (Å²) in [6.45, 7) is 2.34. The molecule has 0 bridgehead atoms. The van der Waals surface area contributed by atoms with Crippen molar-refractivity contribution in [2.24, 2.45) is 17.8 Å². The van der Waals surface area contributed by atoms with Crippen LogP contribution in [-0.4, -0.2) is 48.1 Å². The molecule has 0 spiro atoms. The fourth-order valence-electron chi connectivity index (χ4n) is 6.32. The Labute approximate surface area is 173 Å². The van der Waals surface area contributed by atoms with Crippen molar-refractivity contribution in [2.75, 3.05) is 0 Å². The van der Waals surface area contributed by atoms with Gasteiger partial charge >= 0.3 is 174 Å². The summed E-state index contributed by atoms with van der Waals surface area (Å²) in [6.07, 6.45) is 20.7. The third-order valence-corrected chi connectivity index (χ3v) is 10.7. The summed E-state index contributed by atoms with van der Waals surface area (Å²) in [5.74, 6) is 2.91. The normalized spacial score (nSPS) is 42.2. The molecule has 1 radical (unpaired) electrons. The molecule has 0 aromatic rings. The molecule has 0 amide bonds. The van der Waals surface area contributed by atoms with Gasteiger partial charge in [-0.1, -0.05) is 0 Å². The first-order chi connectivity index (χ1) is 12.8. The SMILES string of the molecule is CC1CCC2CCCC([O][In][O]C3CCC(C4CCCCC4)CC3)C2N1. The van der Waals surface area contributed by atoms with Crippen LogP contribution in [0.5, 0.6) is 0 Å². The zero-order valence-corrected chi connectivity index (χ0v) is 20.1. The van der Waals surface area contributed by atoms with Gasteiger partial charge in [0.05, 0.1) is 0 Å². The van der Waals surface area contributed by atoms with E-state index in [9.17, 15) is 0 Å². The Bertz CT molecular complexity index is 420. The van der Waals surface area contributed by atoms with Crippen molar-refractivity contribution >= 4 is 23.8 Å². The quantitative estimate of drug-likeness (QED) is 0.621. The van der Waals surface area contributed by atoms with E-state index >= 15 is 0 Å². The van der Waals surface area contributed by atoms with Gasteiger partial charge in [0.25, 0.3) is 0 Å². The van der Waals surface area contributed by atoms with Gasteiger partial charge in [-0.15, -0.1) is 0 Å². The number of hydrogen-bond donors (Lipinski definition) is 1. The second kappa shape index (κ2) is 9.98. The maximum atomic E-state index is 6.45. The Morgan fingerprint density at radius 2 is 1.35 bits per heavy atom. The molecule has 4 fully saturated rings. The molecule has 4 aliphatic rings. The second-order valence-corrected chi connectivity index (χ2v) is 11.8. The van der Waals surface area contributed by atoms with Gasteiger partial charge in [0.2, 0.25) is 0 Å². The molecular formula is C22H39InNO2. The first-order valence-electron chi connectivity index (χ1n) is 11.7. The molecule has 1 saturated heterocycles. The molecule has 3 nitrogen and oxygen atoms in total. The Hall–Kier alpha value is 0.750. The Kier molecular flexibility index (Phi) is 7.69. The summed E-state index contributed by atoms with van der Waals surface area (Å²) < 4.78 is 12.8. The fourth-order valence-corrected chi connectivity index (χ4v) is 9.01. The second-order valence-electron chi connectivity index (χ2n) is 9.70. The van der Waals surface area contributed by atoms with Crippen LogP contribution in [0.25, 0.3) is 0 Å². The van der Waals surface area contributed by atoms with Gasteiger partial charge in [0.15, 0.2) is 0 Å². The standard InChI is InChI=1S/C12H21O.C10H18NO.In/c13-12-8-6-11(7-9-12)10-4-2-1-3-5-10;1-7-5-6-8-3-2-4-9(12)10(8)11-7;/h10-12H,1-9H2;7-11H,2-6H2,1H3;/q2*-1;+2. The van der Waals surface area contributed by atoms with E-state index in [2.05, 4.69) is 12.2 Å². The summed E-state index contributed by atoms with van der Waals surface area (Å²) in [5.41, 5.74) is 0. The molecule has 0 aromatic carbocycles. The molecule has 3 aliphatic carbocycles. The van der Waals surface area contributed by atoms with E-state index in [0.29, 0.717) is 24.3 Å². The van der Waals surface area contributed by atoms with Crippen molar-refractivity contribution in [2.45, 2.75) is 121 Å². The van der Waals surface area contributed by atoms with Crippen LogP contribution in [0.1, 0.15) is 96.8 Å². The number of fused-ring (bicyclic) bond motifs is 1. The number of hydrogen-bond acceptors (Lipinski definition) is 3. The van der Waals surface area contributed by atoms with E-state index < -0.39 is 23.8 Å². The van der Waals surface area contributed by atoms with Crippen molar-refractivity contribution in [3.63, 3.8) is 0 Å². The molecule has 0 aromatic heterocycles. The van der Waals surface area contributed by atoms with Gasteiger partial charge in [-0.05, 0) is 0 Å². The number of rotatable bonds is 5. The van der Waals surface area contributed by atoms with Crippen LogP contribution >= 0.6 is 0 Å². The van der Waals surface area contributed by atoms with Gasteiger partial charge < -0.3 is 0 Å². The molecule has 1 aliphatic heterocycles. The predicted molar refractivity (Wildman–Crippen MR) is 107 cm³/mol. The molecule has 147 valence electrons. The average Bonchev–Trinajstić information content (AvgIpc) is 2.69. The summed E-state index contributed by atoms with van der Waals surface area (Å²) >= 11 is -1.32. The van der Waals surface area contributed by atoms with Crippen LogP contribution in [0.15, 0.2) is 0 Å². The molecular weight excluding hydrogens is 425 g/mol. The minimum absolute atomic E-state index is 0.455. The fraction of sp³-hybridized carbons (Fsp3) is 1.00. The van der Waals surface area contributed by atoms with Crippen molar-refractivity contribution in [3.05, 3.63) is 0 Å². The van der Waals surface area contributed by atoms with Crippen LogP contribution in [-0.2, 0) is 5.71 Å². The molecule has 1 heterocycles. The maximum absolute atomic E-state index is 6.45. The third-order valence-electron chi connectivity index (χ3n) is 7.93. The molecule has 4 heteroatoms. The summed E-state index contributed by atoms with van der Waals surface area (Å²) in [6, 6.07) is 1.29. The van der Waals surface area contributed by atoms with Crippen molar-refractivity contribution in [1.82, 2.24) is 5.32 Å². The Morgan fingerprint density at radius 1 is 0.654 bits per heavy atom. The van der Waals surface area contributed by atoms with Gasteiger partial charge in [-0.2, -0.15) is 0 Å². The van der Waals surface area contributed by atoms with Crippen LogP contribution in [0.3, 0.4) is 0 Å². The Morgan fingerprint density at radius 3 is 2.15 bits per heavy atom. The zero-order valence-electron chi connectivity index (χ0n) is 16.8. The molecule has 4 unspecified atom stereocenters. The monoisotopic (exact) mass is 464 g/mol. The summed E-state index contributed by atoms with van der Waals surface area (Å²) in [4.78, 5) is 0. The van der Waals surface area contributed by atoms with Crippen LogP contribution in [0.4, 0.5) is 0 Å². The molecule has 4 atom stereocenters. The topological polar surface area (TPSA) is 30.5 Å². The van der Waals surface area contributed by atoms with E-state index in [1.807, 2.05) is 0 Å². The molecule has 4 rings (SSSR count). The summed E-state index contributed by atoms with van der Waals surface area (Å²) in [5, 5.41) is 3.85. The van der Waals surface area contributed by atoms with Gasteiger partial charge in [-0.3, -0.25) is 0 Å². The van der Waals surface area contributed by atoms with Crippen LogP contribution in [0, 0.1) is 17.8 Å². The van der Waals surface area contributed by atoms with E-state index in [0.717, 1.165) is 17.8 Å². The molecule has 1 N–H and O–H groups in total. The van der Waals surface area contributed by atoms with Crippen molar-refractivity contribution in [3.8, 4) is 0 Å². The Balaban J connectivity index is 1.16. The van der Waals surface area contributed by atoms with Crippen LogP contribution in [0.2, 0.25) is 0 Å². The van der Waals surface area contributed by atoms with E-state index in [4.69, 9.17) is 5.71 Å². The predicted octanol–water partition coefficient (Wildman–Crippen LogP) is 5.00. The van der Waals surface area contributed by atoms with Gasteiger partial charge in [-0.25, -0.2) is 0 Å². The van der Waals surface area contributed by atoms with Crippen molar-refractivity contribution in [1.29, 1.82) is 0 Å². The molecule has 3 saturated carbocycles. The number of piperidine rings is 1. The number of nitrogens with one attached hydrogen (secondary N) is 1. The minimum atomic E-state index is -1.32. The zero-order chi connectivity index (χ0) is 17.8. The van der Waals surface area contributed by atoms with E-state index in [1.165, 1.54) is 89.9 Å². The third kappa shape index (κ3) is 5.21. The van der Waals surface area contributed by atoms with Crippen molar-refractivity contribution < 1.29 is 5.71 Å². The van der Waals surface area contributed by atoms with Gasteiger partial charge in [0.1, 0.15) is 0 Å². The van der Waals surface area contributed by atoms with E-state index in [-0.39, 0.29) is 0 Å². The average molecular weight is 464 g/mol. The first kappa shape index (κ1) is 20.0.